The summed E-state index contributed by atoms with van der Waals surface area (Å²) >= 11 is 0. The summed E-state index contributed by atoms with van der Waals surface area (Å²) in [5, 5.41) is 14.0. The van der Waals surface area contributed by atoms with E-state index in [1.807, 2.05) is 0 Å². The highest BCUT2D eigenvalue weighted by atomic mass is 16.5. The summed E-state index contributed by atoms with van der Waals surface area (Å²) in [6.45, 7) is 2.13. The minimum Gasteiger partial charge on any atom is -0.399 e. The van der Waals surface area contributed by atoms with Crippen LogP contribution in [0.3, 0.4) is 0 Å². The van der Waals surface area contributed by atoms with Gasteiger partial charge in [-0.2, -0.15) is 10.1 Å². The number of aryl methyl sites for hydroxylation is 1. The Bertz CT molecular complexity index is 791. The Morgan fingerprint density at radius 3 is 3.10 bits per heavy atom. The number of benzene rings is 1. The van der Waals surface area contributed by atoms with Crippen LogP contribution in [-0.4, -0.2) is 32.8 Å². The predicted octanol–water partition coefficient (Wildman–Crippen LogP) is 0.809. The number of nitrogens with two attached hydrogens (primary N) is 1. The number of nitrogen functional groups attached to an aromatic ring is 1. The van der Waals surface area contributed by atoms with Gasteiger partial charge in [0.25, 0.3) is 5.91 Å². The zero-order valence-electron chi connectivity index (χ0n) is 11.4. The lowest BCUT2D eigenvalue weighted by Gasteiger charge is -2.01. The second-order valence-corrected chi connectivity index (χ2v) is 4.62. The Kier molecular flexibility index (Phi) is 3.27. The average Bonchev–Trinajstić information content (AvgIpc) is 3.04. The van der Waals surface area contributed by atoms with Gasteiger partial charge in [0.2, 0.25) is 5.89 Å². The van der Waals surface area contributed by atoms with Gasteiger partial charge in [-0.3, -0.25) is 9.89 Å². The molecule has 1 amide bonds. The highest BCUT2D eigenvalue weighted by Crippen LogP contribution is 2.18. The van der Waals surface area contributed by atoms with Crippen LogP contribution in [0.4, 0.5) is 5.69 Å². The number of aromatic nitrogens is 4. The first kappa shape index (κ1) is 13.1. The van der Waals surface area contributed by atoms with E-state index in [9.17, 15) is 4.79 Å². The molecule has 8 nitrogen and oxygen atoms in total. The SMILES string of the molecule is Cc1noc(CCNC(=O)c2n[nH]c3ccc(N)cc23)n1. The lowest BCUT2D eigenvalue weighted by atomic mass is 10.2. The average molecular weight is 286 g/mol. The quantitative estimate of drug-likeness (QED) is 0.610. The standard InChI is InChI=1S/C13H14N6O2/c1-7-16-11(21-19-7)4-5-15-13(20)12-9-6-8(14)2-3-10(9)17-18-12/h2-3,6H,4-5,14H2,1H3,(H,15,20)(H,17,18). The molecule has 21 heavy (non-hydrogen) atoms. The summed E-state index contributed by atoms with van der Waals surface area (Å²) in [5.41, 5.74) is 7.40. The van der Waals surface area contributed by atoms with Crippen molar-refractivity contribution in [3.05, 3.63) is 35.6 Å². The number of fused-ring (bicyclic) bond motifs is 1. The van der Waals surface area contributed by atoms with Gasteiger partial charge >= 0.3 is 0 Å². The van der Waals surface area contributed by atoms with Gasteiger partial charge in [0.15, 0.2) is 11.5 Å². The first-order valence-corrected chi connectivity index (χ1v) is 6.44. The summed E-state index contributed by atoms with van der Waals surface area (Å²) in [5.74, 6) is 0.789. The molecule has 0 radical (unpaired) electrons. The smallest absolute Gasteiger partial charge is 0.272 e. The maximum absolute atomic E-state index is 12.1. The largest absolute Gasteiger partial charge is 0.399 e. The van der Waals surface area contributed by atoms with E-state index in [-0.39, 0.29) is 5.91 Å². The van der Waals surface area contributed by atoms with E-state index in [2.05, 4.69) is 25.7 Å². The molecule has 2 heterocycles. The second-order valence-electron chi connectivity index (χ2n) is 4.62. The molecular formula is C13H14N6O2. The number of carbonyl (C=O) groups is 1. The molecule has 0 aliphatic heterocycles. The van der Waals surface area contributed by atoms with E-state index >= 15 is 0 Å². The summed E-state index contributed by atoms with van der Waals surface area (Å²) in [7, 11) is 0. The van der Waals surface area contributed by atoms with Crippen LogP contribution in [0.2, 0.25) is 0 Å². The molecule has 0 aliphatic carbocycles. The summed E-state index contributed by atoms with van der Waals surface area (Å²) < 4.78 is 4.97. The third-order valence-electron chi connectivity index (χ3n) is 3.00. The molecule has 0 unspecified atom stereocenters. The maximum atomic E-state index is 12.1. The Balaban J connectivity index is 1.68. The summed E-state index contributed by atoms with van der Waals surface area (Å²) in [4.78, 5) is 16.2. The van der Waals surface area contributed by atoms with E-state index in [4.69, 9.17) is 10.3 Å². The Morgan fingerprint density at radius 1 is 1.48 bits per heavy atom. The van der Waals surface area contributed by atoms with E-state index < -0.39 is 0 Å². The van der Waals surface area contributed by atoms with Crippen molar-refractivity contribution in [2.45, 2.75) is 13.3 Å². The molecule has 3 rings (SSSR count). The van der Waals surface area contributed by atoms with Crippen LogP contribution in [0.15, 0.2) is 22.7 Å². The topological polar surface area (TPSA) is 123 Å². The van der Waals surface area contributed by atoms with Crippen LogP contribution in [0.1, 0.15) is 22.2 Å². The fourth-order valence-corrected chi connectivity index (χ4v) is 2.01. The molecule has 4 N–H and O–H groups in total. The van der Waals surface area contributed by atoms with Crippen molar-refractivity contribution < 1.29 is 9.32 Å². The molecule has 0 aliphatic rings. The Labute approximate surface area is 119 Å². The van der Waals surface area contributed by atoms with Gasteiger partial charge in [-0.25, -0.2) is 0 Å². The molecule has 0 fully saturated rings. The first-order chi connectivity index (χ1) is 10.1. The van der Waals surface area contributed by atoms with Crippen molar-refractivity contribution in [3.8, 4) is 0 Å². The summed E-state index contributed by atoms with van der Waals surface area (Å²) in [6.07, 6.45) is 0.469. The van der Waals surface area contributed by atoms with Gasteiger partial charge in [-0.15, -0.1) is 0 Å². The number of hydrogen-bond donors (Lipinski definition) is 3. The van der Waals surface area contributed by atoms with Crippen molar-refractivity contribution in [2.75, 3.05) is 12.3 Å². The highest BCUT2D eigenvalue weighted by molar-refractivity contribution is 6.05. The molecule has 1 aromatic carbocycles. The van der Waals surface area contributed by atoms with Crippen molar-refractivity contribution >= 4 is 22.5 Å². The monoisotopic (exact) mass is 286 g/mol. The second kappa shape index (κ2) is 5.23. The van der Waals surface area contributed by atoms with Crippen LogP contribution in [0.25, 0.3) is 10.9 Å². The van der Waals surface area contributed by atoms with Crippen LogP contribution in [0.5, 0.6) is 0 Å². The fourth-order valence-electron chi connectivity index (χ4n) is 2.01. The number of carbonyl (C=O) groups excluding carboxylic acids is 1. The summed E-state index contributed by atoms with van der Waals surface area (Å²) in [6, 6.07) is 5.25. The number of aromatic amines is 1. The molecule has 0 atom stereocenters. The zero-order valence-corrected chi connectivity index (χ0v) is 11.4. The van der Waals surface area contributed by atoms with Gasteiger partial charge in [0, 0.05) is 24.0 Å². The highest BCUT2D eigenvalue weighted by Gasteiger charge is 2.14. The number of nitrogens with zero attached hydrogens (tertiary/aromatic N) is 3. The molecular weight excluding hydrogens is 272 g/mol. The lowest BCUT2D eigenvalue weighted by Crippen LogP contribution is -2.26. The molecule has 3 aromatic rings. The number of anilines is 1. The molecule has 8 heteroatoms. The number of amides is 1. The van der Waals surface area contributed by atoms with E-state index in [0.29, 0.717) is 41.4 Å². The van der Waals surface area contributed by atoms with Gasteiger partial charge in [-0.05, 0) is 25.1 Å². The van der Waals surface area contributed by atoms with Crippen LogP contribution in [0, 0.1) is 6.92 Å². The molecule has 0 saturated carbocycles. The molecule has 108 valence electrons. The third kappa shape index (κ3) is 2.69. The minimum atomic E-state index is -0.275. The van der Waals surface area contributed by atoms with E-state index in [0.717, 1.165) is 5.52 Å². The lowest BCUT2D eigenvalue weighted by molar-refractivity contribution is 0.0950. The van der Waals surface area contributed by atoms with Crippen molar-refractivity contribution in [1.29, 1.82) is 0 Å². The van der Waals surface area contributed by atoms with Crippen LogP contribution < -0.4 is 11.1 Å². The van der Waals surface area contributed by atoms with E-state index in [1.165, 1.54) is 0 Å². The van der Waals surface area contributed by atoms with Crippen LogP contribution in [-0.2, 0) is 6.42 Å². The first-order valence-electron chi connectivity index (χ1n) is 6.44. The van der Waals surface area contributed by atoms with Gasteiger partial charge in [0.1, 0.15) is 0 Å². The van der Waals surface area contributed by atoms with Crippen molar-refractivity contribution in [3.63, 3.8) is 0 Å². The van der Waals surface area contributed by atoms with Crippen LogP contribution >= 0.6 is 0 Å². The number of nitrogens with one attached hydrogen (secondary N) is 2. The third-order valence-corrected chi connectivity index (χ3v) is 3.00. The minimum absolute atomic E-state index is 0.275. The molecule has 0 spiro atoms. The van der Waals surface area contributed by atoms with E-state index in [1.54, 1.807) is 25.1 Å². The van der Waals surface area contributed by atoms with Crippen molar-refractivity contribution in [2.24, 2.45) is 0 Å². The van der Waals surface area contributed by atoms with Crippen molar-refractivity contribution in [1.82, 2.24) is 25.7 Å². The molecule has 2 aromatic heterocycles. The molecule has 0 saturated heterocycles. The van der Waals surface area contributed by atoms with Gasteiger partial charge in [0.05, 0.1) is 5.52 Å². The molecule has 0 bridgehead atoms. The number of rotatable bonds is 4. The van der Waals surface area contributed by atoms with Gasteiger partial charge in [-0.1, -0.05) is 5.16 Å². The zero-order chi connectivity index (χ0) is 14.8. The maximum Gasteiger partial charge on any atom is 0.272 e. The fraction of sp³-hybridized carbons (Fsp3) is 0.231. The predicted molar refractivity (Wildman–Crippen MR) is 75.6 cm³/mol. The Morgan fingerprint density at radius 2 is 2.33 bits per heavy atom. The van der Waals surface area contributed by atoms with Gasteiger partial charge < -0.3 is 15.6 Å². The normalized spacial score (nSPS) is 10.9. The number of H-pyrrole nitrogens is 1. The Hall–Kier alpha value is -2.90. The number of hydrogen-bond acceptors (Lipinski definition) is 6.